The number of nitrogens with two attached hydrogens (primary N) is 1. The average Bonchev–Trinajstić information content (AvgIpc) is 2.79. The highest BCUT2D eigenvalue weighted by molar-refractivity contribution is 7.13. The fourth-order valence-corrected chi connectivity index (χ4v) is 1.74. The van der Waals surface area contributed by atoms with Crippen molar-refractivity contribution < 1.29 is 0 Å². The molecule has 2 rings (SSSR count). The number of rotatable bonds is 4. The number of hydrogen-bond acceptors (Lipinski definition) is 5. The number of anilines is 1. The minimum atomic E-state index is 0.576. The van der Waals surface area contributed by atoms with Crippen LogP contribution in [0.1, 0.15) is 11.1 Å². The second-order valence-electron chi connectivity index (χ2n) is 3.12. The van der Waals surface area contributed by atoms with Gasteiger partial charge in [-0.15, -0.1) is 10.2 Å². The molecule has 0 saturated heterocycles. The van der Waals surface area contributed by atoms with Crippen LogP contribution in [-0.4, -0.2) is 10.2 Å². The monoisotopic (exact) mass is 220 g/mol. The number of benzene rings is 1. The van der Waals surface area contributed by atoms with Gasteiger partial charge in [0.05, 0.1) is 0 Å². The van der Waals surface area contributed by atoms with E-state index in [1.807, 2.05) is 12.1 Å². The van der Waals surface area contributed by atoms with E-state index in [-0.39, 0.29) is 0 Å². The molecule has 0 amide bonds. The van der Waals surface area contributed by atoms with E-state index in [0.29, 0.717) is 6.54 Å². The first-order valence-electron chi connectivity index (χ1n) is 4.66. The molecule has 3 N–H and O–H groups in total. The van der Waals surface area contributed by atoms with Crippen molar-refractivity contribution >= 4 is 16.5 Å². The lowest BCUT2D eigenvalue weighted by molar-refractivity contribution is 1.03. The van der Waals surface area contributed by atoms with E-state index in [2.05, 4.69) is 27.6 Å². The maximum Gasteiger partial charge on any atom is 0.205 e. The smallest absolute Gasteiger partial charge is 0.205 e. The summed E-state index contributed by atoms with van der Waals surface area (Å²) in [5, 5.41) is 11.7. The fraction of sp³-hybridized carbons (Fsp3) is 0.200. The minimum Gasteiger partial charge on any atom is -0.356 e. The molecule has 0 bridgehead atoms. The Morgan fingerprint density at radius 1 is 1.33 bits per heavy atom. The van der Waals surface area contributed by atoms with E-state index >= 15 is 0 Å². The maximum absolute atomic E-state index is 5.57. The molecule has 0 aliphatic heterocycles. The molecular weight excluding hydrogens is 208 g/mol. The summed E-state index contributed by atoms with van der Waals surface area (Å²) in [6.07, 6.45) is 0. The van der Waals surface area contributed by atoms with Crippen molar-refractivity contribution in [2.75, 3.05) is 5.32 Å². The van der Waals surface area contributed by atoms with Gasteiger partial charge in [-0.3, -0.25) is 0 Å². The number of aromatic nitrogens is 2. The summed E-state index contributed by atoms with van der Waals surface area (Å²) in [6.45, 7) is 1.33. The highest BCUT2D eigenvalue weighted by atomic mass is 32.1. The fourth-order valence-electron chi connectivity index (χ4n) is 1.29. The molecule has 4 nitrogen and oxygen atoms in total. The topological polar surface area (TPSA) is 63.8 Å². The summed E-state index contributed by atoms with van der Waals surface area (Å²) in [4.78, 5) is 0. The van der Waals surface area contributed by atoms with Crippen LogP contribution in [0.25, 0.3) is 0 Å². The van der Waals surface area contributed by atoms with Crippen LogP contribution in [0.15, 0.2) is 29.8 Å². The van der Waals surface area contributed by atoms with Gasteiger partial charge in [0.1, 0.15) is 5.51 Å². The van der Waals surface area contributed by atoms with Gasteiger partial charge in [0.2, 0.25) is 5.13 Å². The van der Waals surface area contributed by atoms with Crippen molar-refractivity contribution in [3.8, 4) is 0 Å². The molecule has 2 aromatic rings. The second kappa shape index (κ2) is 4.86. The van der Waals surface area contributed by atoms with Crippen LogP contribution >= 0.6 is 11.3 Å². The van der Waals surface area contributed by atoms with Crippen molar-refractivity contribution in [3.63, 3.8) is 0 Å². The van der Waals surface area contributed by atoms with Crippen LogP contribution in [-0.2, 0) is 13.1 Å². The Bertz CT molecular complexity index is 413. The van der Waals surface area contributed by atoms with E-state index in [4.69, 9.17) is 5.73 Å². The van der Waals surface area contributed by atoms with E-state index in [1.165, 1.54) is 16.9 Å². The quantitative estimate of drug-likeness (QED) is 0.821. The van der Waals surface area contributed by atoms with Crippen LogP contribution in [0.4, 0.5) is 5.13 Å². The van der Waals surface area contributed by atoms with Gasteiger partial charge in [-0.2, -0.15) is 0 Å². The third-order valence-corrected chi connectivity index (χ3v) is 2.68. The number of nitrogens with zero attached hydrogens (tertiary/aromatic N) is 2. The van der Waals surface area contributed by atoms with E-state index in [9.17, 15) is 0 Å². The third kappa shape index (κ3) is 2.74. The third-order valence-electron chi connectivity index (χ3n) is 2.03. The standard InChI is InChI=1S/C10H12N4S/c11-5-8-2-1-3-9(4-8)6-12-10-14-13-7-15-10/h1-4,7H,5-6,11H2,(H,12,14). The molecule has 5 heteroatoms. The Labute approximate surface area is 92.2 Å². The summed E-state index contributed by atoms with van der Waals surface area (Å²) in [7, 11) is 0. The maximum atomic E-state index is 5.57. The number of hydrogen-bond donors (Lipinski definition) is 2. The normalized spacial score (nSPS) is 10.2. The van der Waals surface area contributed by atoms with Gasteiger partial charge in [-0.25, -0.2) is 0 Å². The van der Waals surface area contributed by atoms with Crippen LogP contribution in [0.2, 0.25) is 0 Å². The Kier molecular flexibility index (Phi) is 3.26. The summed E-state index contributed by atoms with van der Waals surface area (Å²) in [5.41, 5.74) is 9.62. The molecule has 0 saturated carbocycles. The first-order valence-corrected chi connectivity index (χ1v) is 5.54. The zero-order chi connectivity index (χ0) is 10.5. The highest BCUT2D eigenvalue weighted by Gasteiger charge is 1.97. The molecule has 1 aromatic carbocycles. The lowest BCUT2D eigenvalue weighted by Crippen LogP contribution is -2.01. The molecule has 15 heavy (non-hydrogen) atoms. The first kappa shape index (κ1) is 10.1. The molecule has 78 valence electrons. The molecule has 0 aliphatic rings. The Morgan fingerprint density at radius 2 is 2.20 bits per heavy atom. The molecule has 0 unspecified atom stereocenters. The summed E-state index contributed by atoms with van der Waals surface area (Å²) < 4.78 is 0. The zero-order valence-electron chi connectivity index (χ0n) is 8.18. The molecular formula is C10H12N4S. The van der Waals surface area contributed by atoms with Crippen molar-refractivity contribution in [2.45, 2.75) is 13.1 Å². The molecule has 0 spiro atoms. The lowest BCUT2D eigenvalue weighted by Gasteiger charge is -2.04. The van der Waals surface area contributed by atoms with Crippen LogP contribution in [0.3, 0.4) is 0 Å². The summed E-state index contributed by atoms with van der Waals surface area (Å²) >= 11 is 1.49. The zero-order valence-corrected chi connectivity index (χ0v) is 9.00. The minimum absolute atomic E-state index is 0.576. The van der Waals surface area contributed by atoms with Gasteiger partial charge in [0, 0.05) is 13.1 Å². The van der Waals surface area contributed by atoms with E-state index in [1.54, 1.807) is 5.51 Å². The van der Waals surface area contributed by atoms with Crippen LogP contribution in [0.5, 0.6) is 0 Å². The molecule has 0 radical (unpaired) electrons. The molecule has 0 atom stereocenters. The van der Waals surface area contributed by atoms with Gasteiger partial charge in [0.25, 0.3) is 0 Å². The highest BCUT2D eigenvalue weighted by Crippen LogP contribution is 2.11. The van der Waals surface area contributed by atoms with Gasteiger partial charge >= 0.3 is 0 Å². The molecule has 0 fully saturated rings. The van der Waals surface area contributed by atoms with E-state index in [0.717, 1.165) is 17.2 Å². The van der Waals surface area contributed by atoms with Crippen LogP contribution in [0, 0.1) is 0 Å². The van der Waals surface area contributed by atoms with Gasteiger partial charge in [-0.1, -0.05) is 35.6 Å². The number of nitrogens with one attached hydrogen (secondary N) is 1. The largest absolute Gasteiger partial charge is 0.356 e. The van der Waals surface area contributed by atoms with Gasteiger partial charge in [0.15, 0.2) is 0 Å². The summed E-state index contributed by atoms with van der Waals surface area (Å²) in [6, 6.07) is 8.19. The predicted octanol–water partition coefficient (Wildman–Crippen LogP) is 1.61. The van der Waals surface area contributed by atoms with Gasteiger partial charge < -0.3 is 11.1 Å². The van der Waals surface area contributed by atoms with Crippen molar-refractivity contribution in [1.29, 1.82) is 0 Å². The SMILES string of the molecule is NCc1cccc(CNc2nncs2)c1. The Balaban J connectivity index is 1.98. The molecule has 0 aliphatic carbocycles. The molecule has 1 aromatic heterocycles. The Morgan fingerprint density at radius 3 is 2.93 bits per heavy atom. The summed E-state index contributed by atoms with van der Waals surface area (Å²) in [5.74, 6) is 0. The Hall–Kier alpha value is -1.46. The second-order valence-corrected chi connectivity index (χ2v) is 3.95. The van der Waals surface area contributed by atoms with Gasteiger partial charge in [-0.05, 0) is 11.1 Å². The predicted molar refractivity (Wildman–Crippen MR) is 61.6 cm³/mol. The van der Waals surface area contributed by atoms with Crippen LogP contribution < -0.4 is 11.1 Å². The lowest BCUT2D eigenvalue weighted by atomic mass is 10.1. The van der Waals surface area contributed by atoms with Crippen molar-refractivity contribution in [1.82, 2.24) is 10.2 Å². The van der Waals surface area contributed by atoms with E-state index < -0.39 is 0 Å². The van der Waals surface area contributed by atoms with Crippen molar-refractivity contribution in [3.05, 3.63) is 40.9 Å². The van der Waals surface area contributed by atoms with Crippen molar-refractivity contribution in [2.24, 2.45) is 5.73 Å². The average molecular weight is 220 g/mol. The molecule has 1 heterocycles. The first-order chi connectivity index (χ1) is 7.38.